The molecule has 0 bridgehead atoms. The Balaban J connectivity index is 2.17. The third-order valence-electron chi connectivity index (χ3n) is 5.53. The molecular weight excluding hydrogens is 326 g/mol. The second-order valence-corrected chi connectivity index (χ2v) is 7.84. The van der Waals surface area contributed by atoms with Gasteiger partial charge in [-0.05, 0) is 89.0 Å². The van der Waals surface area contributed by atoms with Crippen molar-refractivity contribution >= 4 is 11.6 Å². The van der Waals surface area contributed by atoms with E-state index in [0.29, 0.717) is 12.5 Å². The molecule has 1 aliphatic rings. The highest BCUT2D eigenvalue weighted by atomic mass is 16.5. The van der Waals surface area contributed by atoms with Crippen LogP contribution < -0.4 is 10.1 Å². The lowest BCUT2D eigenvalue weighted by atomic mass is 9.78. The topological polar surface area (TPSA) is 47.6 Å². The van der Waals surface area contributed by atoms with E-state index in [-0.39, 0.29) is 12.0 Å². The van der Waals surface area contributed by atoms with E-state index < -0.39 is 5.60 Å². The van der Waals surface area contributed by atoms with Crippen molar-refractivity contribution in [3.63, 3.8) is 0 Å². The fourth-order valence-electron chi connectivity index (χ4n) is 3.68. The van der Waals surface area contributed by atoms with Gasteiger partial charge >= 0.3 is 0 Å². The minimum atomic E-state index is -0.686. The highest BCUT2D eigenvalue weighted by Gasteiger charge is 2.41. The molecule has 1 N–H and O–H groups in total. The number of rotatable bonds is 7. The van der Waals surface area contributed by atoms with Gasteiger partial charge in [-0.1, -0.05) is 13.8 Å². The maximum atomic E-state index is 13.1. The van der Waals surface area contributed by atoms with E-state index in [1.165, 1.54) is 0 Å². The van der Waals surface area contributed by atoms with Crippen molar-refractivity contribution in [2.75, 3.05) is 11.9 Å². The van der Waals surface area contributed by atoms with Gasteiger partial charge in [-0.3, -0.25) is 4.79 Å². The van der Waals surface area contributed by atoms with Gasteiger partial charge in [-0.2, -0.15) is 0 Å². The van der Waals surface area contributed by atoms with Crippen molar-refractivity contribution in [3.05, 3.63) is 23.3 Å². The predicted octanol–water partition coefficient (Wildman–Crippen LogP) is 5.40. The average Bonchev–Trinajstić information content (AvgIpc) is 2.60. The van der Waals surface area contributed by atoms with E-state index >= 15 is 0 Å². The first-order chi connectivity index (χ1) is 12.3. The van der Waals surface area contributed by atoms with E-state index in [1.54, 1.807) is 0 Å². The molecule has 4 heteroatoms. The molecule has 0 radical (unpaired) electrons. The molecular formula is C22H35NO3. The quantitative estimate of drug-likeness (QED) is 0.707. The van der Waals surface area contributed by atoms with Crippen LogP contribution in [0.1, 0.15) is 70.9 Å². The fraction of sp³-hybridized carbons (Fsp3) is 0.682. The van der Waals surface area contributed by atoms with Gasteiger partial charge in [0.05, 0.1) is 6.10 Å². The van der Waals surface area contributed by atoms with Gasteiger partial charge in [-0.15, -0.1) is 0 Å². The summed E-state index contributed by atoms with van der Waals surface area (Å²) in [5.74, 6) is 1.57. The Bertz CT molecular complexity index is 595. The summed E-state index contributed by atoms with van der Waals surface area (Å²) in [6, 6.07) is 3.99. The van der Waals surface area contributed by atoms with E-state index in [4.69, 9.17) is 9.47 Å². The van der Waals surface area contributed by atoms with Crippen molar-refractivity contribution in [2.24, 2.45) is 5.92 Å². The maximum absolute atomic E-state index is 13.1. The van der Waals surface area contributed by atoms with E-state index in [1.807, 2.05) is 32.9 Å². The molecule has 1 aromatic rings. The van der Waals surface area contributed by atoms with Gasteiger partial charge in [0, 0.05) is 12.3 Å². The molecule has 1 fully saturated rings. The summed E-state index contributed by atoms with van der Waals surface area (Å²) in [6.07, 6.45) is 4.80. The van der Waals surface area contributed by atoms with Crippen LogP contribution in [-0.4, -0.2) is 24.2 Å². The molecule has 146 valence electrons. The zero-order valence-electron chi connectivity index (χ0n) is 17.3. The number of nitrogens with one attached hydrogen (secondary N) is 1. The summed E-state index contributed by atoms with van der Waals surface area (Å²) in [4.78, 5) is 13.1. The Labute approximate surface area is 158 Å². The highest BCUT2D eigenvalue weighted by Crippen LogP contribution is 2.36. The van der Waals surface area contributed by atoms with Crippen molar-refractivity contribution in [1.82, 2.24) is 0 Å². The molecule has 0 spiro atoms. The van der Waals surface area contributed by atoms with Gasteiger partial charge in [0.2, 0.25) is 0 Å². The Morgan fingerprint density at radius 2 is 1.81 bits per heavy atom. The highest BCUT2D eigenvalue weighted by molar-refractivity contribution is 5.97. The van der Waals surface area contributed by atoms with E-state index in [9.17, 15) is 4.79 Å². The van der Waals surface area contributed by atoms with Crippen LogP contribution in [0, 0.1) is 19.8 Å². The predicted molar refractivity (Wildman–Crippen MR) is 107 cm³/mol. The van der Waals surface area contributed by atoms with Crippen molar-refractivity contribution in [2.45, 2.75) is 85.4 Å². The van der Waals surface area contributed by atoms with Gasteiger partial charge in [0.25, 0.3) is 5.91 Å². The molecule has 2 rings (SSSR count). The van der Waals surface area contributed by atoms with E-state index in [0.717, 1.165) is 54.7 Å². The molecule has 0 heterocycles. The minimum Gasteiger partial charge on any atom is -0.490 e. The maximum Gasteiger partial charge on any atom is 0.256 e. The number of ether oxygens (including phenoxy) is 2. The summed E-state index contributed by atoms with van der Waals surface area (Å²) in [7, 11) is 0. The molecule has 0 aromatic heterocycles. The molecule has 1 atom stereocenters. The number of amides is 1. The SMILES string of the molecule is CCOC1(C(=O)Nc2cc(C)c(O[C@H](C)CC)c(C)c2)CCC(C)CC1. The number of anilines is 1. The molecule has 1 aromatic carbocycles. The lowest BCUT2D eigenvalue weighted by molar-refractivity contribution is -0.146. The lowest BCUT2D eigenvalue weighted by Gasteiger charge is -2.37. The second kappa shape index (κ2) is 8.90. The number of hydrogen-bond acceptors (Lipinski definition) is 3. The smallest absolute Gasteiger partial charge is 0.256 e. The summed E-state index contributed by atoms with van der Waals surface area (Å²) in [6.45, 7) is 13.0. The first-order valence-corrected chi connectivity index (χ1v) is 10.0. The summed E-state index contributed by atoms with van der Waals surface area (Å²) in [5, 5.41) is 3.11. The first kappa shape index (κ1) is 20.8. The number of aryl methyl sites for hydroxylation is 2. The van der Waals surface area contributed by atoms with Crippen molar-refractivity contribution in [3.8, 4) is 5.75 Å². The summed E-state index contributed by atoms with van der Waals surface area (Å²) >= 11 is 0. The Hall–Kier alpha value is -1.55. The van der Waals surface area contributed by atoms with Gasteiger partial charge in [-0.25, -0.2) is 0 Å². The normalized spacial score (nSPS) is 24.2. The lowest BCUT2D eigenvalue weighted by Crippen LogP contribution is -2.48. The second-order valence-electron chi connectivity index (χ2n) is 7.84. The van der Waals surface area contributed by atoms with E-state index in [2.05, 4.69) is 26.1 Å². The number of benzene rings is 1. The van der Waals surface area contributed by atoms with Gasteiger partial charge in [0.1, 0.15) is 11.4 Å². The van der Waals surface area contributed by atoms with Crippen LogP contribution in [0.5, 0.6) is 5.75 Å². The third-order valence-corrected chi connectivity index (χ3v) is 5.53. The zero-order chi connectivity index (χ0) is 19.3. The van der Waals surface area contributed by atoms with Gasteiger partial charge in [0.15, 0.2) is 0 Å². The molecule has 1 aliphatic carbocycles. The van der Waals surface area contributed by atoms with Crippen LogP contribution in [0.25, 0.3) is 0 Å². The standard InChI is InChI=1S/C22H35NO3/c1-7-18(6)26-20-16(4)13-19(14-17(20)5)23-21(24)22(25-8-2)11-9-15(3)10-12-22/h13-15,18H,7-12H2,1-6H3,(H,23,24)/t15?,18-,22?/m1/s1. The van der Waals surface area contributed by atoms with Crippen LogP contribution >= 0.6 is 0 Å². The largest absolute Gasteiger partial charge is 0.490 e. The Kier molecular flexibility index (Phi) is 7.10. The van der Waals surface area contributed by atoms with Crippen LogP contribution in [0.15, 0.2) is 12.1 Å². The number of carbonyl (C=O) groups is 1. The number of carbonyl (C=O) groups excluding carboxylic acids is 1. The summed E-state index contributed by atoms with van der Waals surface area (Å²) in [5.41, 5.74) is 2.22. The van der Waals surface area contributed by atoms with Crippen molar-refractivity contribution in [1.29, 1.82) is 0 Å². The molecule has 4 nitrogen and oxygen atoms in total. The minimum absolute atomic E-state index is 0.0133. The zero-order valence-corrected chi connectivity index (χ0v) is 17.3. The van der Waals surface area contributed by atoms with Crippen LogP contribution in [0.2, 0.25) is 0 Å². The molecule has 26 heavy (non-hydrogen) atoms. The molecule has 0 saturated heterocycles. The van der Waals surface area contributed by atoms with Crippen LogP contribution in [0.3, 0.4) is 0 Å². The van der Waals surface area contributed by atoms with Crippen LogP contribution in [0.4, 0.5) is 5.69 Å². The van der Waals surface area contributed by atoms with Crippen LogP contribution in [-0.2, 0) is 9.53 Å². The molecule has 1 saturated carbocycles. The number of hydrogen-bond donors (Lipinski definition) is 1. The molecule has 1 amide bonds. The fourth-order valence-corrected chi connectivity index (χ4v) is 3.68. The Morgan fingerprint density at radius 3 is 2.31 bits per heavy atom. The van der Waals surface area contributed by atoms with Gasteiger partial charge < -0.3 is 14.8 Å². The molecule has 0 unspecified atom stereocenters. The third kappa shape index (κ3) is 4.79. The average molecular weight is 362 g/mol. The summed E-state index contributed by atoms with van der Waals surface area (Å²) < 4.78 is 12.0. The Morgan fingerprint density at radius 1 is 1.23 bits per heavy atom. The first-order valence-electron chi connectivity index (χ1n) is 10.0. The van der Waals surface area contributed by atoms with Crippen molar-refractivity contribution < 1.29 is 14.3 Å². The monoisotopic (exact) mass is 361 g/mol. The molecule has 0 aliphatic heterocycles.